The number of carbonyl (C=O) groups excluding carboxylic acids is 1. The highest BCUT2D eigenvalue weighted by atomic mass is 16.7. The van der Waals surface area contributed by atoms with Gasteiger partial charge in [0.1, 0.15) is 6.61 Å². The van der Waals surface area contributed by atoms with Crippen LogP contribution in [0.2, 0.25) is 0 Å². The average molecular weight is 248 g/mol. The summed E-state index contributed by atoms with van der Waals surface area (Å²) in [6.07, 6.45) is 1.25. The Morgan fingerprint density at radius 2 is 1.89 bits per heavy atom. The molecule has 1 aliphatic carbocycles. The molecule has 1 aromatic carbocycles. The summed E-state index contributed by atoms with van der Waals surface area (Å²) in [6.45, 7) is 1.60. The predicted octanol–water partition coefficient (Wildman–Crippen LogP) is 1.88. The number of hydrogen-bond donors (Lipinski definition) is 0. The maximum absolute atomic E-state index is 11.8. The summed E-state index contributed by atoms with van der Waals surface area (Å²) >= 11 is 0. The molecular weight excluding hydrogens is 232 g/mol. The normalized spacial score (nSPS) is 21.8. The Labute approximate surface area is 106 Å². The molecule has 0 N–H and O–H groups in total. The van der Waals surface area contributed by atoms with Crippen molar-refractivity contribution >= 4 is 5.97 Å². The van der Waals surface area contributed by atoms with Crippen LogP contribution in [0.5, 0.6) is 0 Å². The van der Waals surface area contributed by atoms with Gasteiger partial charge in [-0.05, 0) is 5.56 Å². The van der Waals surface area contributed by atoms with Gasteiger partial charge in [0.15, 0.2) is 5.79 Å². The zero-order valence-electron chi connectivity index (χ0n) is 10.1. The molecule has 0 atom stereocenters. The molecule has 0 unspecified atom stereocenters. The third-order valence-corrected chi connectivity index (χ3v) is 3.49. The fraction of sp³-hybridized carbons (Fsp3) is 0.500. The summed E-state index contributed by atoms with van der Waals surface area (Å²) < 4.78 is 16.3. The second-order valence-electron chi connectivity index (χ2n) is 4.81. The highest BCUT2D eigenvalue weighted by molar-refractivity contribution is 5.73. The quantitative estimate of drug-likeness (QED) is 0.766. The lowest BCUT2D eigenvalue weighted by molar-refractivity contribution is -0.235. The molecule has 1 spiro atoms. The Balaban J connectivity index is 1.46. The maximum Gasteiger partial charge on any atom is 0.309 e. The summed E-state index contributed by atoms with van der Waals surface area (Å²) in [5, 5.41) is 0. The summed E-state index contributed by atoms with van der Waals surface area (Å²) in [7, 11) is 0. The third-order valence-electron chi connectivity index (χ3n) is 3.49. The lowest BCUT2D eigenvalue weighted by Crippen LogP contribution is -2.48. The van der Waals surface area contributed by atoms with Gasteiger partial charge >= 0.3 is 5.97 Å². The molecule has 1 aromatic rings. The van der Waals surface area contributed by atoms with Crippen LogP contribution in [-0.2, 0) is 25.6 Å². The SMILES string of the molecule is O=C(OCc1ccccc1)C1CC2(C1)OCCO2. The van der Waals surface area contributed by atoms with E-state index < -0.39 is 5.79 Å². The van der Waals surface area contributed by atoms with E-state index in [0.717, 1.165) is 5.56 Å². The fourth-order valence-electron chi connectivity index (χ4n) is 2.44. The smallest absolute Gasteiger partial charge is 0.309 e. The van der Waals surface area contributed by atoms with Gasteiger partial charge in [0.25, 0.3) is 0 Å². The van der Waals surface area contributed by atoms with Crippen molar-refractivity contribution in [3.63, 3.8) is 0 Å². The number of carbonyl (C=O) groups is 1. The first-order chi connectivity index (χ1) is 8.77. The van der Waals surface area contributed by atoms with Crippen LogP contribution in [0.3, 0.4) is 0 Å². The summed E-state index contributed by atoms with van der Waals surface area (Å²) in [4.78, 5) is 11.8. The van der Waals surface area contributed by atoms with E-state index in [-0.39, 0.29) is 11.9 Å². The second kappa shape index (κ2) is 4.71. The van der Waals surface area contributed by atoms with E-state index in [1.807, 2.05) is 30.3 Å². The molecule has 1 saturated carbocycles. The minimum Gasteiger partial charge on any atom is -0.461 e. The largest absolute Gasteiger partial charge is 0.461 e. The first-order valence-corrected chi connectivity index (χ1v) is 6.26. The van der Waals surface area contributed by atoms with Gasteiger partial charge < -0.3 is 14.2 Å². The average Bonchev–Trinajstić information content (AvgIpc) is 2.85. The van der Waals surface area contributed by atoms with Crippen molar-refractivity contribution in [2.24, 2.45) is 5.92 Å². The van der Waals surface area contributed by atoms with Crippen LogP contribution in [0.4, 0.5) is 0 Å². The zero-order valence-corrected chi connectivity index (χ0v) is 10.1. The Morgan fingerprint density at radius 1 is 1.22 bits per heavy atom. The van der Waals surface area contributed by atoms with E-state index in [2.05, 4.69) is 0 Å². The van der Waals surface area contributed by atoms with E-state index in [1.54, 1.807) is 0 Å². The fourth-order valence-corrected chi connectivity index (χ4v) is 2.44. The van der Waals surface area contributed by atoms with Crippen molar-refractivity contribution in [2.75, 3.05) is 13.2 Å². The number of esters is 1. The molecule has 0 radical (unpaired) electrons. The molecular formula is C14H16O4. The van der Waals surface area contributed by atoms with Crippen molar-refractivity contribution in [2.45, 2.75) is 25.2 Å². The van der Waals surface area contributed by atoms with Gasteiger partial charge in [0.2, 0.25) is 0 Å². The minimum atomic E-state index is -0.476. The van der Waals surface area contributed by atoms with Crippen LogP contribution in [0, 0.1) is 5.92 Å². The second-order valence-corrected chi connectivity index (χ2v) is 4.81. The maximum atomic E-state index is 11.8. The van der Waals surface area contributed by atoms with Crippen LogP contribution in [-0.4, -0.2) is 25.0 Å². The van der Waals surface area contributed by atoms with Crippen molar-refractivity contribution in [3.8, 4) is 0 Å². The summed E-state index contributed by atoms with van der Waals surface area (Å²) in [5.74, 6) is -0.702. The molecule has 1 aliphatic heterocycles. The molecule has 1 saturated heterocycles. The van der Waals surface area contributed by atoms with Gasteiger partial charge in [-0.3, -0.25) is 4.79 Å². The molecule has 2 aliphatic rings. The zero-order chi connectivity index (χ0) is 12.4. The topological polar surface area (TPSA) is 44.8 Å². The lowest BCUT2D eigenvalue weighted by atomic mass is 9.79. The standard InChI is InChI=1S/C14H16O4/c15-13(16-10-11-4-2-1-3-5-11)12-8-14(9-12)17-6-7-18-14/h1-5,12H,6-10H2. The molecule has 1 heterocycles. The Hall–Kier alpha value is -1.39. The highest BCUT2D eigenvalue weighted by Crippen LogP contribution is 2.44. The Kier molecular flexibility index (Phi) is 3.06. The van der Waals surface area contributed by atoms with E-state index in [4.69, 9.17) is 14.2 Å². The molecule has 96 valence electrons. The van der Waals surface area contributed by atoms with Crippen molar-refractivity contribution in [3.05, 3.63) is 35.9 Å². The molecule has 0 aromatic heterocycles. The Morgan fingerprint density at radius 3 is 2.56 bits per heavy atom. The van der Waals surface area contributed by atoms with Gasteiger partial charge in [0.05, 0.1) is 19.1 Å². The van der Waals surface area contributed by atoms with E-state index in [1.165, 1.54) is 0 Å². The van der Waals surface area contributed by atoms with Gasteiger partial charge in [0, 0.05) is 12.8 Å². The molecule has 4 nitrogen and oxygen atoms in total. The van der Waals surface area contributed by atoms with Gasteiger partial charge in [-0.25, -0.2) is 0 Å². The molecule has 18 heavy (non-hydrogen) atoms. The van der Waals surface area contributed by atoms with Crippen molar-refractivity contribution < 1.29 is 19.0 Å². The monoisotopic (exact) mass is 248 g/mol. The van der Waals surface area contributed by atoms with Crippen molar-refractivity contribution in [1.82, 2.24) is 0 Å². The lowest BCUT2D eigenvalue weighted by Gasteiger charge is -2.41. The number of ether oxygens (including phenoxy) is 3. The van der Waals surface area contributed by atoms with Gasteiger partial charge in [-0.1, -0.05) is 30.3 Å². The molecule has 4 heteroatoms. The third kappa shape index (κ3) is 2.26. The van der Waals surface area contributed by atoms with E-state index in [9.17, 15) is 4.79 Å². The first kappa shape index (κ1) is 11.7. The van der Waals surface area contributed by atoms with Gasteiger partial charge in [-0.2, -0.15) is 0 Å². The molecule has 0 amide bonds. The van der Waals surface area contributed by atoms with Crippen LogP contribution in [0.15, 0.2) is 30.3 Å². The minimum absolute atomic E-state index is 0.0770. The number of benzene rings is 1. The number of hydrogen-bond acceptors (Lipinski definition) is 4. The van der Waals surface area contributed by atoms with E-state index in [0.29, 0.717) is 32.7 Å². The first-order valence-electron chi connectivity index (χ1n) is 6.26. The van der Waals surface area contributed by atoms with Crippen LogP contribution >= 0.6 is 0 Å². The van der Waals surface area contributed by atoms with Crippen molar-refractivity contribution in [1.29, 1.82) is 0 Å². The predicted molar refractivity (Wildman–Crippen MR) is 63.6 cm³/mol. The molecule has 0 bridgehead atoms. The van der Waals surface area contributed by atoms with Gasteiger partial charge in [-0.15, -0.1) is 0 Å². The van der Waals surface area contributed by atoms with Crippen LogP contribution < -0.4 is 0 Å². The Bertz CT molecular complexity index is 415. The summed E-state index contributed by atoms with van der Waals surface area (Å²) in [5.41, 5.74) is 1.01. The molecule has 2 fully saturated rings. The van der Waals surface area contributed by atoms with Crippen LogP contribution in [0.25, 0.3) is 0 Å². The molecule has 3 rings (SSSR count). The van der Waals surface area contributed by atoms with Crippen LogP contribution in [0.1, 0.15) is 18.4 Å². The van der Waals surface area contributed by atoms with E-state index >= 15 is 0 Å². The number of rotatable bonds is 3. The summed E-state index contributed by atoms with van der Waals surface area (Å²) in [6, 6.07) is 9.69. The highest BCUT2D eigenvalue weighted by Gasteiger charge is 2.52.